The van der Waals surface area contributed by atoms with E-state index in [1.54, 1.807) is 12.4 Å². The van der Waals surface area contributed by atoms with Crippen molar-refractivity contribution in [2.24, 2.45) is 0 Å². The van der Waals surface area contributed by atoms with Crippen molar-refractivity contribution in [2.45, 2.75) is 26.7 Å². The number of hydrogen-bond acceptors (Lipinski definition) is 4. The molecule has 2 amide bonds. The van der Waals surface area contributed by atoms with Crippen LogP contribution in [0.4, 0.5) is 11.4 Å². The lowest BCUT2D eigenvalue weighted by Gasteiger charge is -2.11. The number of rotatable bonds is 7. The fourth-order valence-electron chi connectivity index (χ4n) is 4.63. The van der Waals surface area contributed by atoms with Crippen molar-refractivity contribution in [1.82, 2.24) is 15.0 Å². The van der Waals surface area contributed by atoms with Crippen molar-refractivity contribution in [2.75, 3.05) is 10.6 Å². The highest BCUT2D eigenvalue weighted by atomic mass is 16.2. The van der Waals surface area contributed by atoms with E-state index in [0.29, 0.717) is 22.9 Å². The highest BCUT2D eigenvalue weighted by Crippen LogP contribution is 2.32. The Labute approximate surface area is 227 Å². The quantitative estimate of drug-likeness (QED) is 0.201. The summed E-state index contributed by atoms with van der Waals surface area (Å²) in [6, 6.07) is 19.1. The van der Waals surface area contributed by atoms with Gasteiger partial charge in [0, 0.05) is 45.9 Å². The molecule has 39 heavy (non-hydrogen) atoms. The Bertz CT molecular complexity index is 1700. The molecule has 0 radical (unpaired) electrons. The first kappa shape index (κ1) is 25.6. The predicted molar refractivity (Wildman–Crippen MR) is 157 cm³/mol. The molecule has 0 unspecified atom stereocenters. The number of H-pyrrole nitrogens is 1. The smallest absolute Gasteiger partial charge is 0.255 e. The minimum absolute atomic E-state index is 0.189. The molecule has 5 rings (SSSR count). The van der Waals surface area contributed by atoms with E-state index in [2.05, 4.69) is 52.1 Å². The summed E-state index contributed by atoms with van der Waals surface area (Å²) in [5.74, 6) is -0.124. The van der Waals surface area contributed by atoms with Gasteiger partial charge in [0.15, 0.2) is 0 Å². The molecule has 3 heterocycles. The van der Waals surface area contributed by atoms with Gasteiger partial charge in [-0.1, -0.05) is 44.7 Å². The van der Waals surface area contributed by atoms with Crippen LogP contribution in [-0.2, 0) is 4.79 Å². The van der Waals surface area contributed by atoms with Gasteiger partial charge in [0.2, 0.25) is 5.91 Å². The second-order valence-corrected chi connectivity index (χ2v) is 9.71. The number of benzene rings is 2. The zero-order valence-electron chi connectivity index (χ0n) is 22.1. The number of pyridine rings is 2. The second-order valence-electron chi connectivity index (χ2n) is 9.71. The molecular weight excluding hydrogens is 486 g/mol. The molecule has 0 atom stereocenters. The van der Waals surface area contributed by atoms with Crippen molar-refractivity contribution in [1.29, 1.82) is 0 Å². The fraction of sp³-hybridized carbons (Fsp3) is 0.125. The average Bonchev–Trinajstić information content (AvgIpc) is 3.36. The van der Waals surface area contributed by atoms with E-state index >= 15 is 0 Å². The maximum absolute atomic E-state index is 12.9. The fourth-order valence-corrected chi connectivity index (χ4v) is 4.63. The SMILES string of the molecule is C=CC(=O)Nc1cccc(-c2cnc3[nH]cc(-c4ccc(C(=O)Nc5cnc(C(C)C)c(C)c5)cc4)c3c2)c1. The van der Waals surface area contributed by atoms with E-state index < -0.39 is 0 Å². The van der Waals surface area contributed by atoms with Gasteiger partial charge in [-0.3, -0.25) is 14.6 Å². The highest BCUT2D eigenvalue weighted by Gasteiger charge is 2.13. The molecule has 7 nitrogen and oxygen atoms in total. The van der Waals surface area contributed by atoms with Crippen LogP contribution in [0.2, 0.25) is 0 Å². The Morgan fingerprint density at radius 3 is 2.41 bits per heavy atom. The molecule has 0 fully saturated rings. The predicted octanol–water partition coefficient (Wildman–Crippen LogP) is 7.10. The molecule has 0 saturated carbocycles. The Morgan fingerprint density at radius 1 is 0.897 bits per heavy atom. The van der Waals surface area contributed by atoms with Gasteiger partial charge in [0.05, 0.1) is 11.9 Å². The van der Waals surface area contributed by atoms with Crippen molar-refractivity contribution >= 4 is 34.2 Å². The third kappa shape index (κ3) is 5.48. The van der Waals surface area contributed by atoms with E-state index in [1.165, 1.54) is 6.08 Å². The van der Waals surface area contributed by atoms with Crippen LogP contribution in [0.25, 0.3) is 33.3 Å². The Kier molecular flexibility index (Phi) is 7.06. The summed E-state index contributed by atoms with van der Waals surface area (Å²) in [6.07, 6.45) is 6.66. The lowest BCUT2D eigenvalue weighted by Crippen LogP contribution is -2.12. The van der Waals surface area contributed by atoms with Gasteiger partial charge in [-0.25, -0.2) is 4.98 Å². The average molecular weight is 516 g/mol. The number of fused-ring (bicyclic) bond motifs is 1. The van der Waals surface area contributed by atoms with Crippen LogP contribution in [0.15, 0.2) is 91.9 Å². The van der Waals surface area contributed by atoms with E-state index in [1.807, 2.05) is 67.7 Å². The number of nitrogens with one attached hydrogen (secondary N) is 3. The minimum atomic E-state index is -0.262. The van der Waals surface area contributed by atoms with Crippen LogP contribution in [0, 0.1) is 6.92 Å². The van der Waals surface area contributed by atoms with E-state index in [9.17, 15) is 9.59 Å². The molecule has 0 aliphatic carbocycles. The maximum Gasteiger partial charge on any atom is 0.255 e. The monoisotopic (exact) mass is 515 g/mol. The Hall–Kier alpha value is -5.04. The number of anilines is 2. The molecule has 0 saturated heterocycles. The van der Waals surface area contributed by atoms with Crippen molar-refractivity contribution < 1.29 is 9.59 Å². The lowest BCUT2D eigenvalue weighted by molar-refractivity contribution is -0.111. The zero-order chi connectivity index (χ0) is 27.5. The number of aromatic nitrogens is 3. The summed E-state index contributed by atoms with van der Waals surface area (Å²) in [5, 5.41) is 6.69. The molecule has 0 spiro atoms. The van der Waals surface area contributed by atoms with Gasteiger partial charge in [-0.15, -0.1) is 0 Å². The molecule has 7 heteroatoms. The van der Waals surface area contributed by atoms with Crippen molar-refractivity contribution in [3.8, 4) is 22.3 Å². The van der Waals surface area contributed by atoms with Crippen LogP contribution in [0.5, 0.6) is 0 Å². The lowest BCUT2D eigenvalue weighted by atomic mass is 10.0. The number of aromatic amines is 1. The van der Waals surface area contributed by atoms with Gasteiger partial charge in [0.1, 0.15) is 5.65 Å². The summed E-state index contributed by atoms with van der Waals surface area (Å²) in [6.45, 7) is 9.71. The van der Waals surface area contributed by atoms with Gasteiger partial charge in [-0.2, -0.15) is 0 Å². The van der Waals surface area contributed by atoms with E-state index in [-0.39, 0.29) is 11.8 Å². The van der Waals surface area contributed by atoms with Gasteiger partial charge in [0.25, 0.3) is 5.91 Å². The highest BCUT2D eigenvalue weighted by molar-refractivity contribution is 6.05. The van der Waals surface area contributed by atoms with Crippen molar-refractivity contribution in [3.63, 3.8) is 0 Å². The first-order chi connectivity index (χ1) is 18.8. The molecule has 3 N–H and O–H groups in total. The molecule has 2 aromatic carbocycles. The molecule has 0 aliphatic rings. The minimum Gasteiger partial charge on any atom is -0.346 e. The number of carbonyl (C=O) groups is 2. The first-order valence-electron chi connectivity index (χ1n) is 12.7. The Morgan fingerprint density at radius 2 is 1.69 bits per heavy atom. The van der Waals surface area contributed by atoms with Gasteiger partial charge >= 0.3 is 0 Å². The van der Waals surface area contributed by atoms with Crippen LogP contribution in [0.1, 0.15) is 41.4 Å². The zero-order valence-corrected chi connectivity index (χ0v) is 22.1. The molecule has 3 aromatic heterocycles. The van der Waals surface area contributed by atoms with Crippen LogP contribution in [0.3, 0.4) is 0 Å². The summed E-state index contributed by atoms with van der Waals surface area (Å²) < 4.78 is 0. The summed E-state index contributed by atoms with van der Waals surface area (Å²) in [4.78, 5) is 36.9. The number of aryl methyl sites for hydroxylation is 1. The van der Waals surface area contributed by atoms with E-state index in [0.717, 1.165) is 44.5 Å². The van der Waals surface area contributed by atoms with Gasteiger partial charge in [-0.05, 0) is 72.0 Å². The third-order valence-electron chi connectivity index (χ3n) is 6.56. The molecule has 5 aromatic rings. The number of hydrogen-bond donors (Lipinski definition) is 3. The first-order valence-corrected chi connectivity index (χ1v) is 12.7. The molecular formula is C32H29N5O2. The maximum atomic E-state index is 12.9. The largest absolute Gasteiger partial charge is 0.346 e. The summed E-state index contributed by atoms with van der Waals surface area (Å²) in [7, 11) is 0. The topological polar surface area (TPSA) is 99.8 Å². The molecule has 0 bridgehead atoms. The summed E-state index contributed by atoms with van der Waals surface area (Å²) >= 11 is 0. The van der Waals surface area contributed by atoms with Crippen LogP contribution < -0.4 is 10.6 Å². The van der Waals surface area contributed by atoms with Gasteiger partial charge < -0.3 is 15.6 Å². The third-order valence-corrected chi connectivity index (χ3v) is 6.56. The van der Waals surface area contributed by atoms with Crippen LogP contribution in [-0.4, -0.2) is 26.8 Å². The normalized spacial score (nSPS) is 11.0. The molecule has 194 valence electrons. The Balaban J connectivity index is 1.38. The molecule has 0 aliphatic heterocycles. The second kappa shape index (κ2) is 10.8. The standard InChI is InChI=1S/C32H29N5O2/c1-5-29(38)36-25-8-6-7-23(14-25)24-15-27-28(18-35-31(27)34-16-24)21-9-11-22(12-10-21)32(39)37-26-13-20(4)30(19(2)3)33-17-26/h5-19H,1H2,2-4H3,(H,34,35)(H,36,38)(H,37,39). The summed E-state index contributed by atoms with van der Waals surface area (Å²) in [5.41, 5.74) is 8.55. The van der Waals surface area contributed by atoms with Crippen molar-refractivity contribution in [3.05, 3.63) is 109 Å². The number of nitrogens with zero attached hydrogens (tertiary/aromatic N) is 2. The van der Waals surface area contributed by atoms with Crippen LogP contribution >= 0.6 is 0 Å². The number of carbonyl (C=O) groups excluding carboxylic acids is 2. The van der Waals surface area contributed by atoms with E-state index in [4.69, 9.17) is 0 Å². The number of amides is 2.